The van der Waals surface area contributed by atoms with Crippen LogP contribution < -0.4 is 0 Å². The summed E-state index contributed by atoms with van der Waals surface area (Å²) in [6.07, 6.45) is 1.88. The Hall–Kier alpha value is -0.340. The molecule has 0 saturated heterocycles. The molecule has 0 heterocycles. The highest BCUT2D eigenvalue weighted by Gasteiger charge is 1.94. The lowest BCUT2D eigenvalue weighted by Crippen LogP contribution is -2.25. The van der Waals surface area contributed by atoms with Crippen LogP contribution in [0.15, 0.2) is 12.8 Å². The van der Waals surface area contributed by atoms with E-state index >= 15 is 0 Å². The molecule has 0 aliphatic rings. The zero-order valence-electron chi connectivity index (χ0n) is 5.14. The standard InChI is InChI=1S/C5H12N.O/c1-5-6(2,3)4;/h5H,1H2,2-4H3;/q+1;-1. The second-order valence-electron chi connectivity index (χ2n) is 2.30. The predicted molar refractivity (Wildman–Crippen MR) is 28.9 cm³/mol. The highest BCUT2D eigenvalue weighted by atomic mass is 16.0. The van der Waals surface area contributed by atoms with Crippen LogP contribution in [-0.4, -0.2) is 25.6 Å². The molecule has 1 radical (unpaired) electrons. The summed E-state index contributed by atoms with van der Waals surface area (Å²) in [7, 11) is 6.19. The molecule has 0 spiro atoms. The van der Waals surface area contributed by atoms with Crippen molar-refractivity contribution in [1.82, 2.24) is 0 Å². The Balaban J connectivity index is 0. The molecule has 0 bridgehead atoms. The predicted octanol–water partition coefficient (Wildman–Crippen LogP) is 0.717. The molecular formula is C5H12NO. The SMILES string of the molecule is C=C[N+](C)(C)C.[O-]. The number of nitrogens with zero attached hydrogens (tertiary/aromatic N) is 1. The van der Waals surface area contributed by atoms with Crippen LogP contribution >= 0.6 is 0 Å². The molecule has 0 unspecified atom stereocenters. The van der Waals surface area contributed by atoms with Gasteiger partial charge < -0.3 is 9.96 Å². The summed E-state index contributed by atoms with van der Waals surface area (Å²) >= 11 is 0. The van der Waals surface area contributed by atoms with Crippen molar-refractivity contribution in [2.24, 2.45) is 0 Å². The summed E-state index contributed by atoms with van der Waals surface area (Å²) in [6.45, 7) is 3.60. The molecule has 0 aromatic carbocycles. The molecule has 0 saturated carbocycles. The van der Waals surface area contributed by atoms with Gasteiger partial charge in [-0.15, -0.1) is 0 Å². The summed E-state index contributed by atoms with van der Waals surface area (Å²) in [5.74, 6) is 0. The Labute approximate surface area is 45.0 Å². The molecule has 0 aliphatic carbocycles. The fourth-order valence-electron chi connectivity index (χ4n) is 0. The molecule has 0 fully saturated rings. The summed E-state index contributed by atoms with van der Waals surface area (Å²) in [5.41, 5.74) is 0. The lowest BCUT2D eigenvalue weighted by Gasteiger charge is -2.15. The highest BCUT2D eigenvalue weighted by molar-refractivity contribution is 4.46. The summed E-state index contributed by atoms with van der Waals surface area (Å²) < 4.78 is 0.833. The van der Waals surface area contributed by atoms with Crippen LogP contribution in [0.4, 0.5) is 0 Å². The third-order valence-corrected chi connectivity index (χ3v) is 0.548. The van der Waals surface area contributed by atoms with Gasteiger partial charge in [0.1, 0.15) is 0 Å². The fourth-order valence-corrected chi connectivity index (χ4v) is 0. The van der Waals surface area contributed by atoms with Gasteiger partial charge >= 0.3 is 0 Å². The average Bonchev–Trinajstić information content (AvgIpc) is 1.35. The summed E-state index contributed by atoms with van der Waals surface area (Å²) in [4.78, 5) is 0. The second kappa shape index (κ2) is 2.77. The molecule has 7 heavy (non-hydrogen) atoms. The number of quaternary nitrogens is 1. The third-order valence-electron chi connectivity index (χ3n) is 0.548. The maximum atomic E-state index is 3.60. The molecular weight excluding hydrogens is 90.1 g/mol. The molecule has 43 valence electrons. The normalized spacial score (nSPS) is 9.57. The Bertz CT molecular complexity index is 53.6. The Morgan fingerprint density at radius 2 is 1.43 bits per heavy atom. The van der Waals surface area contributed by atoms with Gasteiger partial charge in [0.15, 0.2) is 0 Å². The van der Waals surface area contributed by atoms with E-state index in [2.05, 4.69) is 27.7 Å². The van der Waals surface area contributed by atoms with Gasteiger partial charge in [-0.2, -0.15) is 0 Å². The van der Waals surface area contributed by atoms with Gasteiger partial charge in [0, 0.05) is 0 Å². The maximum Gasteiger partial charge on any atom is 0.0879 e. The molecule has 0 N–H and O–H groups in total. The summed E-state index contributed by atoms with van der Waals surface area (Å²) in [5, 5.41) is 0. The molecule has 0 aliphatic heterocycles. The van der Waals surface area contributed by atoms with Gasteiger partial charge in [0.2, 0.25) is 0 Å². The van der Waals surface area contributed by atoms with Crippen LogP contribution in [0.5, 0.6) is 0 Å². The van der Waals surface area contributed by atoms with Crippen LogP contribution in [0.1, 0.15) is 0 Å². The lowest BCUT2D eigenvalue weighted by molar-refractivity contribution is -0.816. The first-order valence-electron chi connectivity index (χ1n) is 2.01. The Kier molecular flexibility index (Phi) is 3.89. The van der Waals surface area contributed by atoms with Crippen LogP contribution in [0.25, 0.3) is 0 Å². The smallest absolute Gasteiger partial charge is 0.0879 e. The van der Waals surface area contributed by atoms with Crippen molar-refractivity contribution in [3.63, 3.8) is 0 Å². The number of rotatable bonds is 1. The van der Waals surface area contributed by atoms with Crippen LogP contribution in [0.2, 0.25) is 0 Å². The molecule has 0 atom stereocenters. The number of hydrogen-bond acceptors (Lipinski definition) is 1. The van der Waals surface area contributed by atoms with Gasteiger partial charge in [0.25, 0.3) is 0 Å². The van der Waals surface area contributed by atoms with Gasteiger partial charge in [-0.25, -0.2) is 0 Å². The second-order valence-corrected chi connectivity index (χ2v) is 2.30. The van der Waals surface area contributed by atoms with Gasteiger partial charge in [-0.3, -0.25) is 0 Å². The van der Waals surface area contributed by atoms with E-state index in [-0.39, 0.29) is 5.48 Å². The van der Waals surface area contributed by atoms with E-state index in [0.29, 0.717) is 0 Å². The molecule has 0 aromatic rings. The average molecular weight is 102 g/mol. The van der Waals surface area contributed by atoms with Crippen molar-refractivity contribution in [2.45, 2.75) is 0 Å². The Morgan fingerprint density at radius 1 is 1.29 bits per heavy atom. The first-order valence-corrected chi connectivity index (χ1v) is 2.01. The third kappa shape index (κ3) is 10.7. The lowest BCUT2D eigenvalue weighted by atomic mass is 10.7. The minimum absolute atomic E-state index is 0. The first-order chi connectivity index (χ1) is 2.56. The fraction of sp³-hybridized carbons (Fsp3) is 0.600. The van der Waals surface area contributed by atoms with E-state index in [1.807, 2.05) is 6.20 Å². The minimum atomic E-state index is 0. The van der Waals surface area contributed by atoms with Gasteiger partial charge in [-0.05, 0) is 6.58 Å². The van der Waals surface area contributed by atoms with Crippen molar-refractivity contribution < 1.29 is 9.96 Å². The van der Waals surface area contributed by atoms with Crippen molar-refractivity contribution >= 4 is 0 Å². The van der Waals surface area contributed by atoms with E-state index in [1.54, 1.807) is 0 Å². The van der Waals surface area contributed by atoms with E-state index < -0.39 is 0 Å². The van der Waals surface area contributed by atoms with E-state index in [0.717, 1.165) is 4.48 Å². The van der Waals surface area contributed by atoms with Crippen LogP contribution in [0.3, 0.4) is 0 Å². The monoisotopic (exact) mass is 102 g/mol. The summed E-state index contributed by atoms with van der Waals surface area (Å²) in [6, 6.07) is 0. The largest absolute Gasteiger partial charge is 1.00 e. The quantitative estimate of drug-likeness (QED) is 0.436. The van der Waals surface area contributed by atoms with E-state index in [9.17, 15) is 0 Å². The van der Waals surface area contributed by atoms with Gasteiger partial charge in [0.05, 0.1) is 27.3 Å². The minimum Gasteiger partial charge on any atom is -1.00 e. The Morgan fingerprint density at radius 3 is 1.43 bits per heavy atom. The van der Waals surface area contributed by atoms with Crippen molar-refractivity contribution in [3.05, 3.63) is 12.8 Å². The van der Waals surface area contributed by atoms with Crippen LogP contribution in [0, 0.1) is 0 Å². The van der Waals surface area contributed by atoms with Crippen LogP contribution in [-0.2, 0) is 5.48 Å². The van der Waals surface area contributed by atoms with Crippen molar-refractivity contribution in [2.75, 3.05) is 21.1 Å². The molecule has 2 nitrogen and oxygen atoms in total. The molecule has 0 rings (SSSR count). The zero-order chi connectivity index (χ0) is 5.21. The maximum absolute atomic E-state index is 3.60. The van der Waals surface area contributed by atoms with Crippen molar-refractivity contribution in [1.29, 1.82) is 0 Å². The van der Waals surface area contributed by atoms with E-state index in [4.69, 9.17) is 0 Å². The first kappa shape index (κ1) is 9.83. The number of hydrogen-bond donors (Lipinski definition) is 0. The molecule has 0 aromatic heterocycles. The van der Waals surface area contributed by atoms with E-state index in [1.165, 1.54) is 0 Å². The molecule has 2 heteroatoms. The topological polar surface area (TPSA) is 28.5 Å². The van der Waals surface area contributed by atoms with Gasteiger partial charge in [-0.1, -0.05) is 0 Å². The van der Waals surface area contributed by atoms with Crippen molar-refractivity contribution in [3.8, 4) is 0 Å². The zero-order valence-corrected chi connectivity index (χ0v) is 5.14. The highest BCUT2D eigenvalue weighted by Crippen LogP contribution is 1.85. The molecule has 0 amide bonds.